The number of thiophene rings is 1. The molecule has 2 N–H and O–H groups in total. The Kier molecular flexibility index (Phi) is 4.53. The van der Waals surface area contributed by atoms with Gasteiger partial charge in [-0.2, -0.15) is 0 Å². The molecule has 1 aromatic carbocycles. The van der Waals surface area contributed by atoms with Crippen LogP contribution in [-0.2, 0) is 12.1 Å². The van der Waals surface area contributed by atoms with E-state index in [2.05, 4.69) is 17.4 Å². The summed E-state index contributed by atoms with van der Waals surface area (Å²) < 4.78 is 0. The second-order valence-electron chi connectivity index (χ2n) is 4.66. The Labute approximate surface area is 112 Å². The number of hydrogen-bond donors (Lipinski definition) is 2. The van der Waals surface area contributed by atoms with E-state index in [0.717, 1.165) is 24.4 Å². The summed E-state index contributed by atoms with van der Waals surface area (Å²) in [6, 6.07) is 14.3. The zero-order chi connectivity index (χ0) is 12.8. The van der Waals surface area contributed by atoms with E-state index >= 15 is 0 Å². The molecule has 1 unspecified atom stereocenters. The lowest BCUT2D eigenvalue weighted by molar-refractivity contribution is 0.0517. The van der Waals surface area contributed by atoms with Crippen molar-refractivity contribution in [2.24, 2.45) is 0 Å². The highest BCUT2D eigenvalue weighted by atomic mass is 32.1. The van der Waals surface area contributed by atoms with Crippen LogP contribution in [0.4, 0.5) is 0 Å². The molecule has 0 aliphatic carbocycles. The third-order valence-electron chi connectivity index (χ3n) is 3.01. The van der Waals surface area contributed by atoms with E-state index in [4.69, 9.17) is 0 Å². The van der Waals surface area contributed by atoms with Gasteiger partial charge in [-0.15, -0.1) is 11.3 Å². The maximum atomic E-state index is 10.3. The van der Waals surface area contributed by atoms with Gasteiger partial charge in [0.25, 0.3) is 0 Å². The summed E-state index contributed by atoms with van der Waals surface area (Å²) in [6.45, 7) is 3.53. The van der Waals surface area contributed by atoms with E-state index in [0.29, 0.717) is 0 Å². The summed E-state index contributed by atoms with van der Waals surface area (Å²) in [5.74, 6) is 0. The molecule has 2 nitrogen and oxygen atoms in total. The molecule has 18 heavy (non-hydrogen) atoms. The first-order chi connectivity index (χ1) is 8.68. The molecule has 0 spiro atoms. The highest BCUT2D eigenvalue weighted by Gasteiger charge is 2.23. The third kappa shape index (κ3) is 3.67. The fourth-order valence-corrected chi connectivity index (χ4v) is 2.69. The summed E-state index contributed by atoms with van der Waals surface area (Å²) >= 11 is 1.61. The molecule has 0 amide bonds. The Morgan fingerprint density at radius 2 is 1.94 bits per heavy atom. The lowest BCUT2D eigenvalue weighted by Gasteiger charge is -2.22. The van der Waals surface area contributed by atoms with E-state index in [1.54, 1.807) is 11.3 Å². The molecule has 0 saturated carbocycles. The molecule has 0 aliphatic rings. The topological polar surface area (TPSA) is 32.3 Å². The molecule has 0 aliphatic heterocycles. The Balaban J connectivity index is 1.76. The van der Waals surface area contributed by atoms with Crippen molar-refractivity contribution in [2.75, 3.05) is 6.54 Å². The van der Waals surface area contributed by atoms with Crippen LogP contribution in [0.15, 0.2) is 47.8 Å². The first-order valence-electron chi connectivity index (χ1n) is 6.19. The fourth-order valence-electron chi connectivity index (χ4n) is 1.87. The maximum Gasteiger partial charge on any atom is 0.0971 e. The maximum absolute atomic E-state index is 10.3. The lowest BCUT2D eigenvalue weighted by atomic mass is 10.0. The van der Waals surface area contributed by atoms with Crippen LogP contribution in [0, 0.1) is 0 Å². The summed E-state index contributed by atoms with van der Waals surface area (Å²) in [7, 11) is 0. The molecule has 0 saturated heterocycles. The minimum Gasteiger partial charge on any atom is -0.385 e. The molecule has 2 aromatic rings. The van der Waals surface area contributed by atoms with Crippen LogP contribution in [0.25, 0.3) is 0 Å². The Hall–Kier alpha value is -1.16. The first kappa shape index (κ1) is 13.3. The van der Waals surface area contributed by atoms with Crippen LogP contribution in [-0.4, -0.2) is 11.7 Å². The van der Waals surface area contributed by atoms with E-state index in [1.807, 2.05) is 42.6 Å². The minimum atomic E-state index is -0.724. The van der Waals surface area contributed by atoms with Crippen molar-refractivity contribution in [1.82, 2.24) is 5.32 Å². The predicted octanol–water partition coefficient (Wildman–Crippen LogP) is 3.14. The highest BCUT2D eigenvalue weighted by molar-refractivity contribution is 7.10. The van der Waals surface area contributed by atoms with Gasteiger partial charge in [-0.05, 0) is 36.9 Å². The van der Waals surface area contributed by atoms with Gasteiger partial charge in [0, 0.05) is 11.4 Å². The molecule has 1 aromatic heterocycles. The van der Waals surface area contributed by atoms with Crippen molar-refractivity contribution >= 4 is 11.3 Å². The molecule has 2 rings (SSSR count). The number of hydrogen-bond acceptors (Lipinski definition) is 3. The standard InChI is InChI=1S/C15H19NOS/c1-15(17,14-8-5-11-18-14)9-10-16-12-13-6-3-2-4-7-13/h2-8,11,16-17H,9-10,12H2,1H3. The average molecular weight is 261 g/mol. The zero-order valence-corrected chi connectivity index (χ0v) is 11.4. The number of aliphatic hydroxyl groups is 1. The fraction of sp³-hybridized carbons (Fsp3) is 0.333. The molecule has 0 bridgehead atoms. The van der Waals surface area contributed by atoms with Crippen LogP contribution >= 0.6 is 11.3 Å². The van der Waals surface area contributed by atoms with Crippen molar-refractivity contribution in [3.63, 3.8) is 0 Å². The molecule has 0 fully saturated rings. The molecule has 0 radical (unpaired) electrons. The van der Waals surface area contributed by atoms with Gasteiger partial charge < -0.3 is 10.4 Å². The Morgan fingerprint density at radius 3 is 2.61 bits per heavy atom. The van der Waals surface area contributed by atoms with Crippen molar-refractivity contribution in [3.05, 3.63) is 58.3 Å². The van der Waals surface area contributed by atoms with Gasteiger partial charge in [0.05, 0.1) is 5.60 Å². The van der Waals surface area contributed by atoms with E-state index in [1.165, 1.54) is 5.56 Å². The minimum absolute atomic E-state index is 0.723. The van der Waals surface area contributed by atoms with Gasteiger partial charge in [0.15, 0.2) is 0 Å². The molecular weight excluding hydrogens is 242 g/mol. The second kappa shape index (κ2) is 6.14. The van der Waals surface area contributed by atoms with Gasteiger partial charge in [0.2, 0.25) is 0 Å². The molecular formula is C15H19NOS. The quantitative estimate of drug-likeness (QED) is 0.783. The van der Waals surface area contributed by atoms with Crippen LogP contribution < -0.4 is 5.32 Å². The molecule has 1 atom stereocenters. The van der Waals surface area contributed by atoms with Crippen molar-refractivity contribution in [3.8, 4) is 0 Å². The molecule has 1 heterocycles. The first-order valence-corrected chi connectivity index (χ1v) is 7.07. The lowest BCUT2D eigenvalue weighted by Crippen LogP contribution is -2.26. The van der Waals surface area contributed by atoms with Gasteiger partial charge >= 0.3 is 0 Å². The van der Waals surface area contributed by atoms with E-state index in [9.17, 15) is 5.11 Å². The monoisotopic (exact) mass is 261 g/mol. The number of nitrogens with one attached hydrogen (secondary N) is 1. The van der Waals surface area contributed by atoms with Crippen LogP contribution in [0.2, 0.25) is 0 Å². The zero-order valence-electron chi connectivity index (χ0n) is 10.6. The third-order valence-corrected chi connectivity index (χ3v) is 4.14. The molecule has 3 heteroatoms. The van der Waals surface area contributed by atoms with Crippen LogP contribution in [0.5, 0.6) is 0 Å². The Morgan fingerprint density at radius 1 is 1.17 bits per heavy atom. The Bertz CT molecular complexity index is 451. The highest BCUT2D eigenvalue weighted by Crippen LogP contribution is 2.27. The average Bonchev–Trinajstić information content (AvgIpc) is 2.91. The van der Waals surface area contributed by atoms with Gasteiger partial charge in [0.1, 0.15) is 0 Å². The summed E-state index contributed by atoms with van der Waals surface area (Å²) in [4.78, 5) is 1.03. The van der Waals surface area contributed by atoms with E-state index < -0.39 is 5.60 Å². The second-order valence-corrected chi connectivity index (χ2v) is 5.61. The summed E-state index contributed by atoms with van der Waals surface area (Å²) in [5.41, 5.74) is 0.547. The normalized spacial score (nSPS) is 14.3. The smallest absolute Gasteiger partial charge is 0.0971 e. The van der Waals surface area contributed by atoms with Gasteiger partial charge in [-0.25, -0.2) is 0 Å². The number of benzene rings is 1. The van der Waals surface area contributed by atoms with Gasteiger partial charge in [-0.1, -0.05) is 36.4 Å². The predicted molar refractivity (Wildman–Crippen MR) is 76.7 cm³/mol. The van der Waals surface area contributed by atoms with Crippen LogP contribution in [0.1, 0.15) is 23.8 Å². The SMILES string of the molecule is CC(O)(CCNCc1ccccc1)c1cccs1. The van der Waals surface area contributed by atoms with Gasteiger partial charge in [-0.3, -0.25) is 0 Å². The van der Waals surface area contributed by atoms with Crippen molar-refractivity contribution < 1.29 is 5.11 Å². The summed E-state index contributed by atoms with van der Waals surface area (Å²) in [5, 5.41) is 15.7. The van der Waals surface area contributed by atoms with Crippen LogP contribution in [0.3, 0.4) is 0 Å². The number of rotatable bonds is 6. The van der Waals surface area contributed by atoms with Crippen molar-refractivity contribution in [2.45, 2.75) is 25.5 Å². The van der Waals surface area contributed by atoms with E-state index in [-0.39, 0.29) is 0 Å². The molecule has 96 valence electrons. The largest absolute Gasteiger partial charge is 0.385 e. The summed E-state index contributed by atoms with van der Waals surface area (Å²) in [6.07, 6.45) is 0.723. The van der Waals surface area contributed by atoms with Crippen molar-refractivity contribution in [1.29, 1.82) is 0 Å².